The largest absolute Gasteiger partial charge is 0.397 e. The first-order valence-electron chi connectivity index (χ1n) is 8.54. The minimum Gasteiger partial charge on any atom is -0.397 e. The second-order valence-corrected chi connectivity index (χ2v) is 6.20. The molecular weight excluding hydrogens is 300 g/mol. The van der Waals surface area contributed by atoms with Crippen LogP contribution in [0, 0.1) is 0 Å². The van der Waals surface area contributed by atoms with E-state index in [1.54, 1.807) is 12.4 Å². The first-order chi connectivity index (χ1) is 11.7. The number of amides is 1. The van der Waals surface area contributed by atoms with Crippen molar-refractivity contribution < 1.29 is 4.79 Å². The van der Waals surface area contributed by atoms with Crippen LogP contribution in [-0.2, 0) is 0 Å². The summed E-state index contributed by atoms with van der Waals surface area (Å²) in [6, 6.07) is 9.41. The molecule has 2 aromatic rings. The average molecular weight is 324 g/mol. The van der Waals surface area contributed by atoms with Gasteiger partial charge < -0.3 is 16.0 Å². The van der Waals surface area contributed by atoms with Crippen molar-refractivity contribution in [3.05, 3.63) is 48.3 Å². The number of anilines is 1. The maximum absolute atomic E-state index is 12.3. The molecule has 0 atom stereocenters. The van der Waals surface area contributed by atoms with Gasteiger partial charge in [-0.25, -0.2) is 0 Å². The Morgan fingerprint density at radius 1 is 1.25 bits per heavy atom. The zero-order valence-corrected chi connectivity index (χ0v) is 13.9. The van der Waals surface area contributed by atoms with Crippen LogP contribution < -0.4 is 11.1 Å². The van der Waals surface area contributed by atoms with Gasteiger partial charge in [0, 0.05) is 23.9 Å². The molecule has 1 fully saturated rings. The minimum atomic E-state index is -0.0362. The van der Waals surface area contributed by atoms with Crippen molar-refractivity contribution in [2.24, 2.45) is 0 Å². The molecule has 3 N–H and O–H groups in total. The number of carbonyl (C=O) groups is 1. The summed E-state index contributed by atoms with van der Waals surface area (Å²) in [6.07, 6.45) is 6.93. The van der Waals surface area contributed by atoms with Crippen molar-refractivity contribution >= 4 is 11.6 Å². The van der Waals surface area contributed by atoms with Gasteiger partial charge in [-0.15, -0.1) is 0 Å². The molecule has 24 heavy (non-hydrogen) atoms. The monoisotopic (exact) mass is 324 g/mol. The number of aromatic nitrogens is 1. The van der Waals surface area contributed by atoms with Gasteiger partial charge >= 0.3 is 0 Å². The van der Waals surface area contributed by atoms with Gasteiger partial charge in [-0.2, -0.15) is 0 Å². The van der Waals surface area contributed by atoms with Crippen LogP contribution in [0.2, 0.25) is 0 Å². The Morgan fingerprint density at radius 2 is 2.08 bits per heavy atom. The van der Waals surface area contributed by atoms with Crippen molar-refractivity contribution in [2.45, 2.75) is 19.3 Å². The highest BCUT2D eigenvalue weighted by molar-refractivity contribution is 5.95. The smallest absolute Gasteiger partial charge is 0.251 e. The number of nitrogens with one attached hydrogen (secondary N) is 1. The van der Waals surface area contributed by atoms with Crippen molar-refractivity contribution in [1.29, 1.82) is 0 Å². The van der Waals surface area contributed by atoms with Crippen LogP contribution in [-0.4, -0.2) is 42.0 Å². The van der Waals surface area contributed by atoms with E-state index in [1.807, 2.05) is 30.3 Å². The van der Waals surface area contributed by atoms with Crippen LogP contribution >= 0.6 is 0 Å². The van der Waals surface area contributed by atoms with Gasteiger partial charge in [0.1, 0.15) is 0 Å². The molecule has 1 aliphatic rings. The number of pyridine rings is 1. The van der Waals surface area contributed by atoms with Crippen molar-refractivity contribution in [3.63, 3.8) is 0 Å². The van der Waals surface area contributed by atoms with E-state index in [4.69, 9.17) is 5.73 Å². The molecule has 5 nitrogen and oxygen atoms in total. The molecule has 0 bridgehead atoms. The molecule has 1 aromatic heterocycles. The maximum Gasteiger partial charge on any atom is 0.251 e. The summed E-state index contributed by atoms with van der Waals surface area (Å²) in [5.41, 5.74) is 9.07. The third-order valence-electron chi connectivity index (χ3n) is 4.42. The van der Waals surface area contributed by atoms with Gasteiger partial charge in [-0.1, -0.05) is 12.1 Å². The van der Waals surface area contributed by atoms with E-state index in [-0.39, 0.29) is 5.91 Å². The normalized spacial score (nSPS) is 14.7. The van der Waals surface area contributed by atoms with Crippen LogP contribution in [0.25, 0.3) is 11.1 Å². The second kappa shape index (κ2) is 7.93. The predicted octanol–water partition coefficient (Wildman–Crippen LogP) is 2.55. The van der Waals surface area contributed by atoms with Gasteiger partial charge in [-0.3, -0.25) is 9.78 Å². The van der Waals surface area contributed by atoms with Crippen molar-refractivity contribution in [3.8, 4) is 11.1 Å². The van der Waals surface area contributed by atoms with Crippen molar-refractivity contribution in [1.82, 2.24) is 15.2 Å². The Bertz CT molecular complexity index is 695. The van der Waals surface area contributed by atoms with Crippen molar-refractivity contribution in [2.75, 3.05) is 31.9 Å². The molecule has 5 heteroatoms. The fourth-order valence-corrected chi connectivity index (χ4v) is 3.11. The fraction of sp³-hybridized carbons (Fsp3) is 0.368. The van der Waals surface area contributed by atoms with Crippen LogP contribution in [0.3, 0.4) is 0 Å². The standard InChI is InChI=1S/C19H24N4O/c20-18-14-21-9-7-17(18)15-5-3-6-16(13-15)19(24)22-8-4-12-23-10-1-2-11-23/h3,5-7,9,13-14H,1-2,4,8,10-12,20H2,(H,22,24). The van der Waals surface area contributed by atoms with E-state index in [0.717, 1.165) is 24.1 Å². The quantitative estimate of drug-likeness (QED) is 0.801. The third-order valence-corrected chi connectivity index (χ3v) is 4.42. The Balaban J connectivity index is 1.57. The van der Waals surface area contributed by atoms with E-state index in [0.29, 0.717) is 17.8 Å². The second-order valence-electron chi connectivity index (χ2n) is 6.20. The number of benzene rings is 1. The van der Waals surface area contributed by atoms with E-state index in [1.165, 1.54) is 25.9 Å². The minimum absolute atomic E-state index is 0.0362. The first kappa shape index (κ1) is 16.5. The predicted molar refractivity (Wildman–Crippen MR) is 96.7 cm³/mol. The Kier molecular flexibility index (Phi) is 5.43. The van der Waals surface area contributed by atoms with Gasteiger partial charge in [0.15, 0.2) is 0 Å². The molecule has 126 valence electrons. The molecule has 1 aliphatic heterocycles. The highest BCUT2D eigenvalue weighted by Crippen LogP contribution is 2.25. The number of hydrogen-bond donors (Lipinski definition) is 2. The lowest BCUT2D eigenvalue weighted by atomic mass is 10.0. The molecule has 3 rings (SSSR count). The summed E-state index contributed by atoms with van der Waals surface area (Å²) in [4.78, 5) is 18.8. The molecule has 0 spiro atoms. The number of rotatable bonds is 6. The summed E-state index contributed by atoms with van der Waals surface area (Å²) in [6.45, 7) is 4.16. The lowest BCUT2D eigenvalue weighted by Gasteiger charge is -2.14. The van der Waals surface area contributed by atoms with Gasteiger partial charge in [0.25, 0.3) is 5.91 Å². The fourth-order valence-electron chi connectivity index (χ4n) is 3.11. The number of nitrogen functional groups attached to an aromatic ring is 1. The SMILES string of the molecule is Nc1cnccc1-c1cccc(C(=O)NCCCN2CCCC2)c1. The third kappa shape index (κ3) is 4.11. The van der Waals surface area contributed by atoms with Gasteiger partial charge in [0.2, 0.25) is 0 Å². The van der Waals surface area contributed by atoms with Gasteiger partial charge in [-0.05, 0) is 62.7 Å². The summed E-state index contributed by atoms with van der Waals surface area (Å²) in [5.74, 6) is -0.0362. The summed E-state index contributed by atoms with van der Waals surface area (Å²) in [5, 5.41) is 3.01. The highest BCUT2D eigenvalue weighted by atomic mass is 16.1. The molecule has 0 saturated carbocycles. The lowest BCUT2D eigenvalue weighted by molar-refractivity contribution is 0.0952. The molecule has 2 heterocycles. The first-order valence-corrected chi connectivity index (χ1v) is 8.54. The number of hydrogen-bond acceptors (Lipinski definition) is 4. The summed E-state index contributed by atoms with van der Waals surface area (Å²) in [7, 11) is 0. The Labute approximate surface area is 142 Å². The number of carbonyl (C=O) groups excluding carboxylic acids is 1. The molecule has 0 aliphatic carbocycles. The van der Waals surface area contributed by atoms with Crippen LogP contribution in [0.5, 0.6) is 0 Å². The molecule has 0 radical (unpaired) electrons. The highest BCUT2D eigenvalue weighted by Gasteiger charge is 2.11. The van der Waals surface area contributed by atoms with E-state index < -0.39 is 0 Å². The molecular formula is C19H24N4O. The zero-order valence-electron chi connectivity index (χ0n) is 13.9. The lowest BCUT2D eigenvalue weighted by Crippen LogP contribution is -2.28. The van der Waals surface area contributed by atoms with E-state index in [9.17, 15) is 4.79 Å². The number of nitrogens with zero attached hydrogens (tertiary/aromatic N) is 2. The van der Waals surface area contributed by atoms with Crippen LogP contribution in [0.4, 0.5) is 5.69 Å². The maximum atomic E-state index is 12.3. The zero-order chi connectivity index (χ0) is 16.8. The Hall–Kier alpha value is -2.40. The Morgan fingerprint density at radius 3 is 2.88 bits per heavy atom. The summed E-state index contributed by atoms with van der Waals surface area (Å²) >= 11 is 0. The topological polar surface area (TPSA) is 71.2 Å². The molecule has 0 unspecified atom stereocenters. The number of likely N-dealkylation sites (tertiary alicyclic amines) is 1. The summed E-state index contributed by atoms with van der Waals surface area (Å²) < 4.78 is 0. The van der Waals surface area contributed by atoms with E-state index in [2.05, 4.69) is 15.2 Å². The molecule has 1 saturated heterocycles. The van der Waals surface area contributed by atoms with Crippen LogP contribution in [0.1, 0.15) is 29.6 Å². The average Bonchev–Trinajstić information content (AvgIpc) is 3.12. The molecule has 1 aromatic carbocycles. The van der Waals surface area contributed by atoms with Gasteiger partial charge in [0.05, 0.1) is 11.9 Å². The molecule has 1 amide bonds. The van der Waals surface area contributed by atoms with E-state index >= 15 is 0 Å². The number of nitrogens with two attached hydrogens (primary N) is 1. The van der Waals surface area contributed by atoms with Crippen LogP contribution in [0.15, 0.2) is 42.7 Å².